The molecule has 27 heavy (non-hydrogen) atoms. The van der Waals surface area contributed by atoms with Crippen molar-refractivity contribution >= 4 is 23.2 Å². The average molecular weight is 360 g/mol. The summed E-state index contributed by atoms with van der Waals surface area (Å²) in [5.41, 5.74) is 3.44. The fourth-order valence-electron chi connectivity index (χ4n) is 2.93. The molecule has 0 atom stereocenters. The summed E-state index contributed by atoms with van der Waals surface area (Å²) in [5.74, 6) is 0.0229. The highest BCUT2D eigenvalue weighted by atomic mass is 19.1. The first-order chi connectivity index (χ1) is 13.1. The number of benzene rings is 2. The molecule has 0 saturated carbocycles. The number of hydrogen-bond acceptors (Lipinski definition) is 2. The summed E-state index contributed by atoms with van der Waals surface area (Å²) in [6.07, 6.45) is 1.82. The Morgan fingerprint density at radius 3 is 2.63 bits per heavy atom. The fourth-order valence-corrected chi connectivity index (χ4v) is 2.93. The number of imidazole rings is 1. The molecule has 134 valence electrons. The maximum Gasteiger partial charge on any atom is 0.324 e. The highest BCUT2D eigenvalue weighted by Crippen LogP contribution is 2.29. The van der Waals surface area contributed by atoms with Crippen LogP contribution in [0.15, 0.2) is 72.9 Å². The van der Waals surface area contributed by atoms with Crippen molar-refractivity contribution in [2.24, 2.45) is 0 Å². The molecule has 0 unspecified atom stereocenters. The van der Waals surface area contributed by atoms with Crippen LogP contribution in [0.25, 0.3) is 16.9 Å². The van der Waals surface area contributed by atoms with Crippen molar-refractivity contribution in [1.29, 1.82) is 0 Å². The zero-order valence-corrected chi connectivity index (χ0v) is 14.6. The number of amides is 2. The lowest BCUT2D eigenvalue weighted by molar-refractivity contribution is 0.262. The smallest absolute Gasteiger partial charge is 0.305 e. The van der Waals surface area contributed by atoms with E-state index >= 15 is 0 Å². The second-order valence-electron chi connectivity index (χ2n) is 6.17. The van der Waals surface area contributed by atoms with Gasteiger partial charge < -0.3 is 5.32 Å². The molecule has 0 aliphatic rings. The predicted octanol–water partition coefficient (Wildman–Crippen LogP) is 5.09. The van der Waals surface area contributed by atoms with Crippen LogP contribution in [0.3, 0.4) is 0 Å². The molecular weight excluding hydrogens is 343 g/mol. The van der Waals surface area contributed by atoms with Crippen molar-refractivity contribution in [1.82, 2.24) is 9.38 Å². The number of nitrogens with one attached hydrogen (secondary N) is 2. The van der Waals surface area contributed by atoms with Gasteiger partial charge in [0.15, 0.2) is 0 Å². The lowest BCUT2D eigenvalue weighted by Gasteiger charge is -2.10. The number of anilines is 2. The van der Waals surface area contributed by atoms with Crippen LogP contribution in [-0.2, 0) is 0 Å². The normalized spacial score (nSPS) is 10.7. The van der Waals surface area contributed by atoms with E-state index in [9.17, 15) is 9.18 Å². The van der Waals surface area contributed by atoms with Crippen molar-refractivity contribution in [2.75, 3.05) is 10.6 Å². The summed E-state index contributed by atoms with van der Waals surface area (Å²) >= 11 is 0. The number of aryl methyl sites for hydroxylation is 1. The van der Waals surface area contributed by atoms with E-state index in [2.05, 4.69) is 15.6 Å². The molecule has 6 heteroatoms. The molecular formula is C21H17FN4O. The molecule has 0 bridgehead atoms. The Morgan fingerprint density at radius 1 is 1.00 bits per heavy atom. The average Bonchev–Trinajstić information content (AvgIpc) is 3.02. The molecule has 0 aliphatic heterocycles. The first-order valence-electron chi connectivity index (χ1n) is 8.48. The Hall–Kier alpha value is -3.67. The summed E-state index contributed by atoms with van der Waals surface area (Å²) in [5, 5.41) is 5.35. The van der Waals surface area contributed by atoms with E-state index in [0.717, 1.165) is 11.1 Å². The van der Waals surface area contributed by atoms with Gasteiger partial charge in [0.1, 0.15) is 23.0 Å². The minimum absolute atomic E-state index is 0.112. The van der Waals surface area contributed by atoms with E-state index in [0.29, 0.717) is 17.2 Å². The number of hydrogen-bond donors (Lipinski definition) is 2. The molecule has 2 aromatic carbocycles. The van der Waals surface area contributed by atoms with Gasteiger partial charge >= 0.3 is 6.03 Å². The number of para-hydroxylation sites is 1. The van der Waals surface area contributed by atoms with Gasteiger partial charge in [-0.15, -0.1) is 0 Å². The van der Waals surface area contributed by atoms with E-state index in [1.807, 2.05) is 55.6 Å². The number of nitrogens with zero attached hydrogens (tertiary/aromatic N) is 2. The van der Waals surface area contributed by atoms with Crippen LogP contribution in [0.2, 0.25) is 0 Å². The fraction of sp³-hybridized carbons (Fsp3) is 0.0476. The van der Waals surface area contributed by atoms with Crippen molar-refractivity contribution < 1.29 is 9.18 Å². The number of urea groups is 1. The minimum atomic E-state index is -0.542. The van der Waals surface area contributed by atoms with Gasteiger partial charge in [0.2, 0.25) is 0 Å². The van der Waals surface area contributed by atoms with Gasteiger partial charge in [-0.25, -0.2) is 14.2 Å². The molecule has 0 radical (unpaired) electrons. The summed E-state index contributed by atoms with van der Waals surface area (Å²) in [4.78, 5) is 17.1. The Balaban J connectivity index is 1.73. The van der Waals surface area contributed by atoms with Gasteiger partial charge in [-0.05, 0) is 37.3 Å². The Bertz CT molecular complexity index is 1140. The van der Waals surface area contributed by atoms with Crippen molar-refractivity contribution in [3.8, 4) is 11.3 Å². The lowest BCUT2D eigenvalue weighted by atomic mass is 10.1. The molecule has 4 rings (SSSR count). The zero-order chi connectivity index (χ0) is 18.8. The van der Waals surface area contributed by atoms with Gasteiger partial charge in [-0.2, -0.15) is 0 Å². The van der Waals surface area contributed by atoms with Crippen molar-refractivity contribution in [3.63, 3.8) is 0 Å². The van der Waals surface area contributed by atoms with Crippen molar-refractivity contribution in [3.05, 3.63) is 84.3 Å². The second kappa shape index (κ2) is 6.92. The van der Waals surface area contributed by atoms with E-state index < -0.39 is 11.8 Å². The van der Waals surface area contributed by atoms with Crippen LogP contribution < -0.4 is 10.6 Å². The SMILES string of the molecule is Cc1cccc(-c2nc3ccccn3c2NC(=O)Nc2ccccc2F)c1. The molecule has 0 aliphatic carbocycles. The number of carbonyl (C=O) groups is 1. The number of rotatable bonds is 3. The van der Waals surface area contributed by atoms with E-state index in [4.69, 9.17) is 0 Å². The molecule has 2 heterocycles. The third-order valence-electron chi connectivity index (χ3n) is 4.18. The number of halogens is 1. The van der Waals surface area contributed by atoms with Crippen molar-refractivity contribution in [2.45, 2.75) is 6.92 Å². The van der Waals surface area contributed by atoms with Gasteiger partial charge in [0, 0.05) is 11.8 Å². The third-order valence-corrected chi connectivity index (χ3v) is 4.18. The lowest BCUT2D eigenvalue weighted by Crippen LogP contribution is -2.21. The third kappa shape index (κ3) is 3.37. The zero-order valence-electron chi connectivity index (χ0n) is 14.6. The number of pyridine rings is 1. The van der Waals surface area contributed by atoms with Crippen LogP contribution in [0.1, 0.15) is 5.56 Å². The van der Waals surface area contributed by atoms with Crippen LogP contribution in [-0.4, -0.2) is 15.4 Å². The van der Waals surface area contributed by atoms with E-state index in [-0.39, 0.29) is 5.69 Å². The van der Waals surface area contributed by atoms with Crippen LogP contribution in [0, 0.1) is 12.7 Å². The molecule has 0 fully saturated rings. The summed E-state index contributed by atoms with van der Waals surface area (Å²) in [6, 6.07) is 19.0. The largest absolute Gasteiger partial charge is 0.324 e. The second-order valence-corrected chi connectivity index (χ2v) is 6.17. The molecule has 2 N–H and O–H groups in total. The quantitative estimate of drug-likeness (QED) is 0.534. The highest BCUT2D eigenvalue weighted by Gasteiger charge is 2.17. The van der Waals surface area contributed by atoms with Gasteiger partial charge in [-0.1, -0.05) is 42.0 Å². The van der Waals surface area contributed by atoms with Gasteiger partial charge in [-0.3, -0.25) is 9.72 Å². The topological polar surface area (TPSA) is 58.4 Å². The maximum absolute atomic E-state index is 13.8. The first-order valence-corrected chi connectivity index (χ1v) is 8.48. The monoisotopic (exact) mass is 360 g/mol. The van der Waals surface area contributed by atoms with Gasteiger partial charge in [0.25, 0.3) is 0 Å². The van der Waals surface area contributed by atoms with Crippen LogP contribution >= 0.6 is 0 Å². The standard InChI is InChI=1S/C21H17FN4O/c1-14-7-6-8-15(13-14)19-20(26-12-5-4-11-18(26)24-19)25-21(27)23-17-10-3-2-9-16(17)22/h2-13H,1H3,(H2,23,25,27). The molecule has 5 nitrogen and oxygen atoms in total. The van der Waals surface area contributed by atoms with E-state index in [1.165, 1.54) is 12.1 Å². The number of aromatic nitrogens is 2. The maximum atomic E-state index is 13.8. The molecule has 4 aromatic rings. The number of carbonyl (C=O) groups excluding carboxylic acids is 1. The van der Waals surface area contributed by atoms with Crippen LogP contribution in [0.4, 0.5) is 20.7 Å². The van der Waals surface area contributed by atoms with Crippen LogP contribution in [0.5, 0.6) is 0 Å². The molecule has 0 saturated heterocycles. The summed E-state index contributed by atoms with van der Waals surface area (Å²) in [7, 11) is 0. The summed E-state index contributed by atoms with van der Waals surface area (Å²) in [6.45, 7) is 2.00. The van der Waals surface area contributed by atoms with Gasteiger partial charge in [0.05, 0.1) is 5.69 Å². The van der Waals surface area contributed by atoms with E-state index in [1.54, 1.807) is 16.5 Å². The minimum Gasteiger partial charge on any atom is -0.305 e. The molecule has 2 amide bonds. The number of fused-ring (bicyclic) bond motifs is 1. The predicted molar refractivity (Wildman–Crippen MR) is 104 cm³/mol. The highest BCUT2D eigenvalue weighted by molar-refractivity contribution is 6.01. The first kappa shape index (κ1) is 16.8. The molecule has 2 aromatic heterocycles. The summed E-state index contributed by atoms with van der Waals surface area (Å²) < 4.78 is 15.6. The Labute approximate surface area is 155 Å². The molecule has 0 spiro atoms. The Morgan fingerprint density at radius 2 is 1.81 bits per heavy atom. The Kier molecular flexibility index (Phi) is 4.30.